The molecule has 92 valence electrons. The molecule has 0 bridgehead atoms. The highest BCUT2D eigenvalue weighted by molar-refractivity contribution is 6.21. The summed E-state index contributed by atoms with van der Waals surface area (Å²) >= 11 is 6.33. The third kappa shape index (κ3) is 4.14. The largest absolute Gasteiger partial charge is 0.310 e. The third-order valence-corrected chi connectivity index (χ3v) is 3.49. The van der Waals surface area contributed by atoms with Crippen LogP contribution in [0.5, 0.6) is 0 Å². The van der Waals surface area contributed by atoms with E-state index in [4.69, 9.17) is 11.6 Å². The van der Waals surface area contributed by atoms with Gasteiger partial charge in [-0.05, 0) is 12.0 Å². The first-order valence-corrected chi connectivity index (χ1v) is 6.44. The van der Waals surface area contributed by atoms with Gasteiger partial charge < -0.3 is 5.32 Å². The van der Waals surface area contributed by atoms with Crippen molar-refractivity contribution < 1.29 is 0 Å². The van der Waals surface area contributed by atoms with Gasteiger partial charge in [0, 0.05) is 31.7 Å². The Balaban J connectivity index is 2.24. The first kappa shape index (κ1) is 13.5. The second kappa shape index (κ2) is 6.92. The number of nitrogens with zero attached hydrogens (tertiary/aromatic N) is 2. The van der Waals surface area contributed by atoms with E-state index in [1.54, 1.807) is 0 Å². The zero-order chi connectivity index (χ0) is 12.0. The van der Waals surface area contributed by atoms with Gasteiger partial charge in [0.2, 0.25) is 0 Å². The SMILES string of the molecule is CCC(CC)C(Cl)CNCc1ccn(C)n1. The van der Waals surface area contributed by atoms with Gasteiger partial charge >= 0.3 is 0 Å². The van der Waals surface area contributed by atoms with E-state index in [1.807, 2.05) is 24.0 Å². The third-order valence-electron chi connectivity index (χ3n) is 2.97. The van der Waals surface area contributed by atoms with Crippen LogP contribution < -0.4 is 5.32 Å². The van der Waals surface area contributed by atoms with E-state index in [0.717, 1.165) is 31.6 Å². The Morgan fingerprint density at radius 1 is 1.44 bits per heavy atom. The minimum atomic E-state index is 0.221. The first-order valence-electron chi connectivity index (χ1n) is 6.00. The van der Waals surface area contributed by atoms with Gasteiger partial charge in [0.1, 0.15) is 0 Å². The van der Waals surface area contributed by atoms with Crippen molar-refractivity contribution >= 4 is 11.6 Å². The van der Waals surface area contributed by atoms with Gasteiger partial charge in [0.25, 0.3) is 0 Å². The van der Waals surface area contributed by atoms with Gasteiger partial charge in [-0.1, -0.05) is 26.7 Å². The van der Waals surface area contributed by atoms with E-state index in [-0.39, 0.29) is 5.38 Å². The van der Waals surface area contributed by atoms with Gasteiger partial charge in [-0.2, -0.15) is 5.10 Å². The molecule has 1 aromatic heterocycles. The van der Waals surface area contributed by atoms with Crippen molar-refractivity contribution in [2.24, 2.45) is 13.0 Å². The van der Waals surface area contributed by atoms with Crippen LogP contribution in [0.3, 0.4) is 0 Å². The number of rotatable bonds is 7. The van der Waals surface area contributed by atoms with Crippen LogP contribution in [0.2, 0.25) is 0 Å². The number of hydrogen-bond donors (Lipinski definition) is 1. The molecule has 0 saturated heterocycles. The zero-order valence-electron chi connectivity index (χ0n) is 10.4. The molecule has 0 aliphatic heterocycles. The predicted molar refractivity (Wildman–Crippen MR) is 68.6 cm³/mol. The average Bonchev–Trinajstić information content (AvgIpc) is 2.66. The maximum atomic E-state index is 6.33. The molecule has 1 rings (SSSR count). The summed E-state index contributed by atoms with van der Waals surface area (Å²) in [6.45, 7) is 6.04. The number of aromatic nitrogens is 2. The average molecular weight is 244 g/mol. The number of hydrogen-bond acceptors (Lipinski definition) is 2. The summed E-state index contributed by atoms with van der Waals surface area (Å²) in [5.74, 6) is 0.609. The van der Waals surface area contributed by atoms with Crippen LogP contribution >= 0.6 is 11.6 Å². The van der Waals surface area contributed by atoms with Crippen molar-refractivity contribution in [2.75, 3.05) is 6.54 Å². The monoisotopic (exact) mass is 243 g/mol. The van der Waals surface area contributed by atoms with Crippen LogP contribution in [0.1, 0.15) is 32.4 Å². The van der Waals surface area contributed by atoms with Gasteiger partial charge in [-0.3, -0.25) is 4.68 Å². The summed E-state index contributed by atoms with van der Waals surface area (Å²) < 4.78 is 1.82. The highest BCUT2D eigenvalue weighted by Crippen LogP contribution is 2.17. The lowest BCUT2D eigenvalue weighted by atomic mass is 9.99. The molecule has 3 nitrogen and oxygen atoms in total. The minimum absolute atomic E-state index is 0.221. The molecule has 1 N–H and O–H groups in total. The Bertz CT molecular complexity index is 294. The topological polar surface area (TPSA) is 29.9 Å². The fourth-order valence-electron chi connectivity index (χ4n) is 1.86. The highest BCUT2D eigenvalue weighted by Gasteiger charge is 2.14. The van der Waals surface area contributed by atoms with Crippen molar-refractivity contribution in [1.29, 1.82) is 0 Å². The van der Waals surface area contributed by atoms with E-state index in [1.165, 1.54) is 0 Å². The maximum Gasteiger partial charge on any atom is 0.0762 e. The molecule has 0 radical (unpaired) electrons. The second-order valence-electron chi connectivity index (χ2n) is 4.20. The molecule has 0 spiro atoms. The summed E-state index contributed by atoms with van der Waals surface area (Å²) in [7, 11) is 1.93. The van der Waals surface area contributed by atoms with Crippen LogP contribution in [0, 0.1) is 5.92 Å². The van der Waals surface area contributed by atoms with Crippen molar-refractivity contribution in [1.82, 2.24) is 15.1 Å². The fraction of sp³-hybridized carbons (Fsp3) is 0.750. The minimum Gasteiger partial charge on any atom is -0.310 e. The lowest BCUT2D eigenvalue weighted by Gasteiger charge is -2.19. The summed E-state index contributed by atoms with van der Waals surface area (Å²) in [5.41, 5.74) is 1.07. The lowest BCUT2D eigenvalue weighted by Crippen LogP contribution is -2.28. The standard InChI is InChI=1S/C12H22ClN3/c1-4-10(5-2)12(13)9-14-8-11-6-7-16(3)15-11/h6-7,10,12,14H,4-5,8-9H2,1-3H3. The fourth-order valence-corrected chi connectivity index (χ4v) is 2.33. The van der Waals surface area contributed by atoms with Crippen molar-refractivity contribution in [2.45, 2.75) is 38.6 Å². The molecule has 1 atom stereocenters. The van der Waals surface area contributed by atoms with Gasteiger partial charge in [-0.15, -0.1) is 11.6 Å². The Morgan fingerprint density at radius 2 is 2.12 bits per heavy atom. The van der Waals surface area contributed by atoms with E-state index >= 15 is 0 Å². The highest BCUT2D eigenvalue weighted by atomic mass is 35.5. The summed E-state index contributed by atoms with van der Waals surface area (Å²) in [5, 5.41) is 7.88. The molecule has 0 amide bonds. The molecular formula is C12H22ClN3. The van der Waals surface area contributed by atoms with Crippen LogP contribution in [0.15, 0.2) is 12.3 Å². The molecule has 1 heterocycles. The normalized spacial score (nSPS) is 13.3. The number of nitrogens with one attached hydrogen (secondary N) is 1. The van der Waals surface area contributed by atoms with E-state index in [9.17, 15) is 0 Å². The summed E-state index contributed by atoms with van der Waals surface area (Å²) in [6.07, 6.45) is 4.25. The van der Waals surface area contributed by atoms with Gasteiger partial charge in [0.15, 0.2) is 0 Å². The smallest absolute Gasteiger partial charge is 0.0762 e. The molecule has 16 heavy (non-hydrogen) atoms. The van der Waals surface area contributed by atoms with Crippen molar-refractivity contribution in [3.63, 3.8) is 0 Å². The molecule has 1 aromatic rings. The molecule has 0 aliphatic rings. The second-order valence-corrected chi connectivity index (χ2v) is 4.76. The Hall–Kier alpha value is -0.540. The Morgan fingerprint density at radius 3 is 2.62 bits per heavy atom. The first-order chi connectivity index (χ1) is 7.67. The molecule has 4 heteroatoms. The summed E-state index contributed by atoms with van der Waals surface area (Å²) in [6, 6.07) is 2.02. The summed E-state index contributed by atoms with van der Waals surface area (Å²) in [4.78, 5) is 0. The number of halogens is 1. The number of aryl methyl sites for hydroxylation is 1. The molecule has 1 unspecified atom stereocenters. The van der Waals surface area contributed by atoms with Crippen LogP contribution in [0.4, 0.5) is 0 Å². The quantitative estimate of drug-likeness (QED) is 0.746. The molecule has 0 fully saturated rings. The van der Waals surface area contributed by atoms with E-state index in [2.05, 4.69) is 24.3 Å². The van der Waals surface area contributed by atoms with Crippen molar-refractivity contribution in [3.8, 4) is 0 Å². The lowest BCUT2D eigenvalue weighted by molar-refractivity contribution is 0.445. The molecular weight excluding hydrogens is 222 g/mol. The molecule has 0 aliphatic carbocycles. The number of alkyl halides is 1. The van der Waals surface area contributed by atoms with Crippen LogP contribution in [-0.4, -0.2) is 21.7 Å². The van der Waals surface area contributed by atoms with E-state index in [0.29, 0.717) is 5.92 Å². The van der Waals surface area contributed by atoms with Crippen LogP contribution in [-0.2, 0) is 13.6 Å². The zero-order valence-corrected chi connectivity index (χ0v) is 11.2. The van der Waals surface area contributed by atoms with Gasteiger partial charge in [0.05, 0.1) is 5.69 Å². The van der Waals surface area contributed by atoms with Crippen LogP contribution in [0.25, 0.3) is 0 Å². The Kier molecular flexibility index (Phi) is 5.85. The van der Waals surface area contributed by atoms with Gasteiger partial charge in [-0.25, -0.2) is 0 Å². The Labute approximate surface area is 103 Å². The predicted octanol–water partition coefficient (Wildman–Crippen LogP) is 2.55. The van der Waals surface area contributed by atoms with Crippen molar-refractivity contribution in [3.05, 3.63) is 18.0 Å². The maximum absolute atomic E-state index is 6.33. The molecule has 0 saturated carbocycles. The van der Waals surface area contributed by atoms with E-state index < -0.39 is 0 Å². The molecule has 0 aromatic carbocycles.